The molecule has 0 radical (unpaired) electrons. The zero-order valence-electron chi connectivity index (χ0n) is 12.3. The number of carbonyl (C=O) groups excluding carboxylic acids is 1. The summed E-state index contributed by atoms with van der Waals surface area (Å²) in [6.45, 7) is -1.02. The second-order valence-corrected chi connectivity index (χ2v) is 6.31. The Kier molecular flexibility index (Phi) is 5.23. The zero-order chi connectivity index (χ0) is 17.2. The lowest BCUT2D eigenvalue weighted by Gasteiger charge is -2.23. The highest BCUT2D eigenvalue weighted by atomic mass is 32.2. The largest absolute Gasteiger partial charge is 0.481 e. The van der Waals surface area contributed by atoms with E-state index in [1.54, 1.807) is 36.6 Å². The number of rotatable bonds is 4. The van der Waals surface area contributed by atoms with Crippen LogP contribution in [0.2, 0.25) is 0 Å². The average molecular weight is 347 g/mol. The third-order valence-electron chi connectivity index (χ3n) is 3.93. The van der Waals surface area contributed by atoms with Gasteiger partial charge in [0.25, 0.3) is 0 Å². The number of halogens is 3. The fourth-order valence-corrected chi connectivity index (χ4v) is 3.52. The van der Waals surface area contributed by atoms with Gasteiger partial charge in [0.1, 0.15) is 5.25 Å². The van der Waals surface area contributed by atoms with E-state index in [-0.39, 0.29) is 0 Å². The number of carbonyl (C=O) groups is 2. The molecule has 0 saturated carbocycles. The Balaban J connectivity index is 2.21. The number of amides is 1. The molecule has 1 fully saturated rings. The van der Waals surface area contributed by atoms with E-state index < -0.39 is 48.2 Å². The number of nitrogens with zero attached hydrogens (tertiary/aromatic N) is 1. The molecule has 3 atom stereocenters. The van der Waals surface area contributed by atoms with Crippen molar-refractivity contribution in [2.75, 3.05) is 19.3 Å². The Morgan fingerprint density at radius 3 is 2.30 bits per heavy atom. The van der Waals surface area contributed by atoms with Gasteiger partial charge >= 0.3 is 12.1 Å². The molecule has 1 amide bonds. The maximum absolute atomic E-state index is 13.0. The van der Waals surface area contributed by atoms with Gasteiger partial charge in [-0.3, -0.25) is 9.59 Å². The highest BCUT2D eigenvalue weighted by molar-refractivity contribution is 7.99. The second-order valence-electron chi connectivity index (χ2n) is 5.36. The summed E-state index contributed by atoms with van der Waals surface area (Å²) in [6.07, 6.45) is -2.94. The van der Waals surface area contributed by atoms with Crippen molar-refractivity contribution in [3.8, 4) is 0 Å². The van der Waals surface area contributed by atoms with Gasteiger partial charge in [-0.2, -0.15) is 13.2 Å². The summed E-state index contributed by atoms with van der Waals surface area (Å²) in [5.41, 5.74) is 0.687. The zero-order valence-corrected chi connectivity index (χ0v) is 13.1. The van der Waals surface area contributed by atoms with Crippen LogP contribution in [0.15, 0.2) is 30.3 Å². The van der Waals surface area contributed by atoms with Gasteiger partial charge in [-0.25, -0.2) is 0 Å². The molecule has 1 saturated heterocycles. The molecule has 2 rings (SSSR count). The van der Waals surface area contributed by atoms with E-state index in [1.807, 2.05) is 0 Å². The van der Waals surface area contributed by atoms with Crippen LogP contribution < -0.4 is 0 Å². The predicted octanol–water partition coefficient (Wildman–Crippen LogP) is 2.81. The van der Waals surface area contributed by atoms with Crippen LogP contribution in [0.4, 0.5) is 13.2 Å². The topological polar surface area (TPSA) is 57.6 Å². The van der Waals surface area contributed by atoms with Crippen LogP contribution in [0.1, 0.15) is 10.8 Å². The lowest BCUT2D eigenvalue weighted by molar-refractivity contribution is -0.188. The first-order valence-corrected chi connectivity index (χ1v) is 8.20. The summed E-state index contributed by atoms with van der Waals surface area (Å²) >= 11 is 1.22. The number of carboxylic acid groups (broad SMARTS) is 1. The summed E-state index contributed by atoms with van der Waals surface area (Å²) in [5, 5.41) is 8.38. The molecule has 0 spiro atoms. The highest BCUT2D eigenvalue weighted by Crippen LogP contribution is 2.39. The average Bonchev–Trinajstić information content (AvgIpc) is 2.94. The van der Waals surface area contributed by atoms with E-state index in [2.05, 4.69) is 0 Å². The highest BCUT2D eigenvalue weighted by Gasteiger charge is 2.54. The first-order valence-electron chi connectivity index (χ1n) is 6.91. The molecule has 1 aliphatic heterocycles. The molecule has 1 aromatic carbocycles. The first kappa shape index (κ1) is 17.7. The van der Waals surface area contributed by atoms with Gasteiger partial charge in [0.15, 0.2) is 0 Å². The molecule has 0 aliphatic carbocycles. The van der Waals surface area contributed by atoms with E-state index in [0.29, 0.717) is 5.56 Å². The van der Waals surface area contributed by atoms with Crippen LogP contribution in [0, 0.1) is 11.8 Å². The maximum Gasteiger partial charge on any atom is 0.394 e. The molecular weight excluding hydrogens is 331 g/mol. The lowest BCUT2D eigenvalue weighted by Crippen LogP contribution is -2.34. The number of hydrogen-bond acceptors (Lipinski definition) is 3. The molecule has 1 aliphatic rings. The van der Waals surface area contributed by atoms with Crippen LogP contribution in [0.25, 0.3) is 0 Å². The standard InChI is InChI=1S/C15H16F3NO3S/c1-23-12(9-5-3-2-4-6-9)13(20)19-7-10(14(21)22)11(8-19)15(16,17)18/h2-6,10-12H,7-8H2,1H3,(H,21,22)/t10-,11-,12?/m1/s1. The van der Waals surface area contributed by atoms with Crippen molar-refractivity contribution in [2.24, 2.45) is 11.8 Å². The van der Waals surface area contributed by atoms with Crippen molar-refractivity contribution in [1.29, 1.82) is 0 Å². The minimum absolute atomic E-state index is 0.414. The van der Waals surface area contributed by atoms with Gasteiger partial charge in [0.05, 0.1) is 11.8 Å². The Morgan fingerprint density at radius 1 is 1.26 bits per heavy atom. The van der Waals surface area contributed by atoms with Crippen molar-refractivity contribution >= 4 is 23.6 Å². The maximum atomic E-state index is 13.0. The van der Waals surface area contributed by atoms with Crippen molar-refractivity contribution in [3.63, 3.8) is 0 Å². The Hall–Kier alpha value is -1.70. The van der Waals surface area contributed by atoms with Crippen LogP contribution in [-0.2, 0) is 9.59 Å². The summed E-state index contributed by atoms with van der Waals surface area (Å²) in [5.74, 6) is -5.65. The van der Waals surface area contributed by atoms with Gasteiger partial charge in [-0.15, -0.1) is 11.8 Å². The van der Waals surface area contributed by atoms with Crippen molar-refractivity contribution < 1.29 is 27.9 Å². The molecule has 1 heterocycles. The number of thioether (sulfide) groups is 1. The molecule has 1 N–H and O–H groups in total. The van der Waals surface area contributed by atoms with E-state index >= 15 is 0 Å². The van der Waals surface area contributed by atoms with Crippen LogP contribution in [-0.4, -0.2) is 47.4 Å². The van der Waals surface area contributed by atoms with Crippen molar-refractivity contribution in [1.82, 2.24) is 4.90 Å². The third-order valence-corrected chi connectivity index (χ3v) is 4.88. The van der Waals surface area contributed by atoms with Crippen LogP contribution in [0.5, 0.6) is 0 Å². The molecule has 8 heteroatoms. The van der Waals surface area contributed by atoms with E-state index in [0.717, 1.165) is 4.90 Å². The Labute approximate surface area is 135 Å². The fourth-order valence-electron chi connectivity index (χ4n) is 2.74. The van der Waals surface area contributed by atoms with Gasteiger partial charge in [-0.1, -0.05) is 30.3 Å². The number of carboxylic acids is 1. The molecule has 4 nitrogen and oxygen atoms in total. The monoisotopic (exact) mass is 347 g/mol. The van der Waals surface area contributed by atoms with Gasteiger partial charge in [0.2, 0.25) is 5.91 Å². The number of alkyl halides is 3. The van der Waals surface area contributed by atoms with E-state index in [9.17, 15) is 22.8 Å². The van der Waals surface area contributed by atoms with Gasteiger partial charge in [-0.05, 0) is 11.8 Å². The Bertz CT molecular complexity index is 579. The molecule has 0 bridgehead atoms. The fraction of sp³-hybridized carbons (Fsp3) is 0.467. The van der Waals surface area contributed by atoms with E-state index in [4.69, 9.17) is 5.11 Å². The molecular formula is C15H16F3NO3S. The summed E-state index contributed by atoms with van der Waals surface area (Å²) in [4.78, 5) is 24.7. The van der Waals surface area contributed by atoms with Crippen LogP contribution >= 0.6 is 11.8 Å². The van der Waals surface area contributed by atoms with Crippen molar-refractivity contribution in [3.05, 3.63) is 35.9 Å². The van der Waals surface area contributed by atoms with Crippen molar-refractivity contribution in [2.45, 2.75) is 11.4 Å². The number of benzene rings is 1. The second kappa shape index (κ2) is 6.82. The minimum Gasteiger partial charge on any atom is -0.481 e. The third kappa shape index (κ3) is 3.80. The quantitative estimate of drug-likeness (QED) is 0.910. The number of hydrogen-bond donors (Lipinski definition) is 1. The van der Waals surface area contributed by atoms with Gasteiger partial charge < -0.3 is 10.0 Å². The normalized spacial score (nSPS) is 22.9. The summed E-state index contributed by atoms with van der Waals surface area (Å²) < 4.78 is 39.0. The molecule has 126 valence electrons. The SMILES string of the molecule is CSC(C(=O)N1C[C@@H](C(F)(F)F)[C@H](C(=O)O)C1)c1ccccc1. The van der Waals surface area contributed by atoms with Crippen LogP contribution in [0.3, 0.4) is 0 Å². The number of aliphatic carboxylic acids is 1. The first-order chi connectivity index (χ1) is 10.8. The summed E-state index contributed by atoms with van der Waals surface area (Å²) in [7, 11) is 0. The lowest BCUT2D eigenvalue weighted by atomic mass is 9.96. The molecule has 1 unspecified atom stereocenters. The predicted molar refractivity (Wildman–Crippen MR) is 79.9 cm³/mol. The minimum atomic E-state index is -4.64. The molecule has 0 aromatic heterocycles. The van der Waals surface area contributed by atoms with Gasteiger partial charge in [0, 0.05) is 13.1 Å². The number of likely N-dealkylation sites (tertiary alicyclic amines) is 1. The molecule has 23 heavy (non-hydrogen) atoms. The van der Waals surface area contributed by atoms with E-state index in [1.165, 1.54) is 11.8 Å². The molecule has 1 aromatic rings. The Morgan fingerprint density at radius 2 is 1.87 bits per heavy atom. The smallest absolute Gasteiger partial charge is 0.394 e. The summed E-state index contributed by atoms with van der Waals surface area (Å²) in [6, 6.07) is 8.72.